The molecule has 3 atom stereocenters. The van der Waals surface area contributed by atoms with Crippen LogP contribution in [0.2, 0.25) is 0 Å². The number of nitrogens with zero attached hydrogens (tertiary/aromatic N) is 6. The minimum atomic E-state index is -1.42. The van der Waals surface area contributed by atoms with Crippen molar-refractivity contribution in [2.45, 2.75) is 51.0 Å². The topological polar surface area (TPSA) is 123 Å². The lowest BCUT2D eigenvalue weighted by Gasteiger charge is -2.19. The molecule has 1 N–H and O–H groups in total. The molecule has 11 heteroatoms. The summed E-state index contributed by atoms with van der Waals surface area (Å²) in [4.78, 5) is 13.1. The molecule has 0 aromatic carbocycles. The van der Waals surface area contributed by atoms with Gasteiger partial charge in [-0.05, 0) is 38.3 Å². The number of hydrogen-bond acceptors (Lipinski definition) is 9. The van der Waals surface area contributed by atoms with Gasteiger partial charge >= 0.3 is 0 Å². The van der Waals surface area contributed by atoms with Crippen LogP contribution >= 0.6 is 0 Å². The lowest BCUT2D eigenvalue weighted by atomic mass is 10.2. The Balaban J connectivity index is 1.55. The minimum Gasteiger partial charge on any atom is -0.593 e. The molecular weight excluding hydrogens is 430 g/mol. The Labute approximate surface area is 190 Å². The molecule has 10 nitrogen and oxygen atoms in total. The lowest BCUT2D eigenvalue weighted by molar-refractivity contribution is 0.0977. The number of rotatable bonds is 9. The van der Waals surface area contributed by atoms with E-state index in [1.807, 2.05) is 30.5 Å². The van der Waals surface area contributed by atoms with Gasteiger partial charge in [-0.3, -0.25) is 4.57 Å². The maximum atomic E-state index is 13.0. The molecule has 1 saturated heterocycles. The van der Waals surface area contributed by atoms with Gasteiger partial charge in [0.2, 0.25) is 5.88 Å². The van der Waals surface area contributed by atoms with Crippen molar-refractivity contribution in [3.63, 3.8) is 0 Å². The highest BCUT2D eigenvalue weighted by Crippen LogP contribution is 2.25. The van der Waals surface area contributed by atoms with Crippen LogP contribution in [0.15, 0.2) is 30.6 Å². The molecule has 3 aromatic rings. The summed E-state index contributed by atoms with van der Waals surface area (Å²) < 4.78 is 29.0. The summed E-state index contributed by atoms with van der Waals surface area (Å²) in [5.41, 5.74) is 1.61. The summed E-state index contributed by atoms with van der Waals surface area (Å²) in [5, 5.41) is 8.37. The van der Waals surface area contributed by atoms with Gasteiger partial charge < -0.3 is 14.0 Å². The predicted molar refractivity (Wildman–Crippen MR) is 120 cm³/mol. The first-order valence-corrected chi connectivity index (χ1v) is 11.8. The summed E-state index contributed by atoms with van der Waals surface area (Å²) >= 11 is -1.42. The molecule has 0 radical (unpaired) electrons. The van der Waals surface area contributed by atoms with E-state index in [4.69, 9.17) is 9.47 Å². The summed E-state index contributed by atoms with van der Waals surface area (Å²) in [7, 11) is 1.57. The second-order valence-electron chi connectivity index (χ2n) is 7.75. The molecule has 3 unspecified atom stereocenters. The number of hydrogen-bond donors (Lipinski definition) is 1. The summed E-state index contributed by atoms with van der Waals surface area (Å²) in [5.74, 6) is 2.11. The zero-order valence-corrected chi connectivity index (χ0v) is 19.2. The number of methoxy groups -OCH3 is 1. The molecule has 1 aliphatic heterocycles. The van der Waals surface area contributed by atoms with E-state index in [0.717, 1.165) is 25.0 Å². The van der Waals surface area contributed by atoms with Gasteiger partial charge in [0.15, 0.2) is 5.82 Å². The fraction of sp³-hybridized carbons (Fsp3) is 0.476. The van der Waals surface area contributed by atoms with Crippen molar-refractivity contribution < 1.29 is 14.0 Å². The molecule has 170 valence electrons. The first-order valence-electron chi connectivity index (χ1n) is 10.5. The van der Waals surface area contributed by atoms with E-state index >= 15 is 0 Å². The second-order valence-corrected chi connectivity index (χ2v) is 9.35. The molecule has 32 heavy (non-hydrogen) atoms. The van der Waals surface area contributed by atoms with E-state index in [9.17, 15) is 4.55 Å². The molecule has 1 fully saturated rings. The van der Waals surface area contributed by atoms with E-state index < -0.39 is 11.4 Å². The SMILES string of the molecule is COc1cccc(-c2nnc(N[S+]([O-])C(C)Cc3ncc(C)cn3)n2CC2CCCO2)n1. The van der Waals surface area contributed by atoms with Crippen LogP contribution < -0.4 is 9.46 Å². The fourth-order valence-electron chi connectivity index (χ4n) is 3.43. The Bertz CT molecular complexity index is 1020. The van der Waals surface area contributed by atoms with Crippen LogP contribution in [0.4, 0.5) is 5.95 Å². The molecule has 0 spiro atoms. The Kier molecular flexibility index (Phi) is 7.18. The molecule has 4 heterocycles. The highest BCUT2D eigenvalue weighted by atomic mass is 32.2. The first kappa shape index (κ1) is 22.4. The van der Waals surface area contributed by atoms with Crippen molar-refractivity contribution in [3.05, 3.63) is 42.0 Å². The van der Waals surface area contributed by atoms with Crippen molar-refractivity contribution in [1.29, 1.82) is 0 Å². The van der Waals surface area contributed by atoms with Gasteiger partial charge in [0.05, 0.1) is 37.5 Å². The number of nitrogens with one attached hydrogen (secondary N) is 1. The van der Waals surface area contributed by atoms with Crippen molar-refractivity contribution in [3.8, 4) is 17.4 Å². The van der Waals surface area contributed by atoms with Crippen molar-refractivity contribution >= 4 is 17.3 Å². The Morgan fingerprint density at radius 2 is 2.12 bits per heavy atom. The molecule has 4 rings (SSSR count). The molecule has 0 bridgehead atoms. The van der Waals surface area contributed by atoms with Crippen molar-refractivity contribution in [2.24, 2.45) is 0 Å². The minimum absolute atomic E-state index is 0.0442. The third-order valence-electron chi connectivity index (χ3n) is 5.18. The van der Waals surface area contributed by atoms with E-state index in [1.54, 1.807) is 25.6 Å². The Morgan fingerprint density at radius 1 is 1.31 bits per heavy atom. The van der Waals surface area contributed by atoms with Gasteiger partial charge in [0.1, 0.15) is 16.8 Å². The van der Waals surface area contributed by atoms with Gasteiger partial charge in [-0.2, -0.15) is 4.72 Å². The van der Waals surface area contributed by atoms with E-state index in [2.05, 4.69) is 29.9 Å². The number of ether oxygens (including phenoxy) is 2. The summed E-state index contributed by atoms with van der Waals surface area (Å²) in [6.45, 7) is 5.10. The molecule has 0 aliphatic carbocycles. The van der Waals surface area contributed by atoms with Gasteiger partial charge in [0.25, 0.3) is 5.95 Å². The van der Waals surface area contributed by atoms with Crippen LogP contribution in [0, 0.1) is 6.92 Å². The molecule has 3 aromatic heterocycles. The molecular formula is C21H27N7O3S. The quantitative estimate of drug-likeness (QED) is 0.482. The smallest absolute Gasteiger partial charge is 0.266 e. The third-order valence-corrected chi connectivity index (χ3v) is 6.47. The van der Waals surface area contributed by atoms with Crippen molar-refractivity contribution in [2.75, 3.05) is 18.4 Å². The predicted octanol–water partition coefficient (Wildman–Crippen LogP) is 2.33. The second kappa shape index (κ2) is 10.2. The molecule has 1 aliphatic rings. The standard InChI is InChI=1S/C21H27N7O3S/c1-14-11-22-18(23-12-14)10-15(2)32(29)27-21-26-25-20(17-7-4-8-19(24-17)30-3)28(21)13-16-6-5-9-31-16/h4,7-8,11-12,15-16H,5-6,9-10,13H2,1-3H3,(H,26,27). The van der Waals surface area contributed by atoms with Crippen LogP contribution in [0.25, 0.3) is 11.5 Å². The Morgan fingerprint density at radius 3 is 2.84 bits per heavy atom. The van der Waals surface area contributed by atoms with Crippen molar-refractivity contribution in [1.82, 2.24) is 29.7 Å². The largest absolute Gasteiger partial charge is 0.593 e. The number of pyridine rings is 1. The molecule has 0 saturated carbocycles. The maximum Gasteiger partial charge on any atom is 0.266 e. The monoisotopic (exact) mass is 457 g/mol. The van der Waals surface area contributed by atoms with Gasteiger partial charge in [-0.25, -0.2) is 15.0 Å². The average Bonchev–Trinajstić information content (AvgIpc) is 3.46. The lowest BCUT2D eigenvalue weighted by Crippen LogP contribution is -2.30. The number of anilines is 1. The van der Waals surface area contributed by atoms with E-state index in [0.29, 0.717) is 42.1 Å². The van der Waals surface area contributed by atoms with E-state index in [1.165, 1.54) is 0 Å². The zero-order chi connectivity index (χ0) is 22.5. The summed E-state index contributed by atoms with van der Waals surface area (Å²) in [6.07, 6.45) is 6.01. The number of aromatic nitrogens is 6. The van der Waals surface area contributed by atoms with Gasteiger partial charge in [-0.1, -0.05) is 6.07 Å². The average molecular weight is 458 g/mol. The van der Waals surface area contributed by atoms with E-state index in [-0.39, 0.29) is 11.4 Å². The maximum absolute atomic E-state index is 13.0. The highest BCUT2D eigenvalue weighted by Gasteiger charge is 2.27. The normalized spacial score (nSPS) is 17.8. The van der Waals surface area contributed by atoms with Crippen LogP contribution in [-0.4, -0.2) is 59.3 Å². The van der Waals surface area contributed by atoms with Gasteiger partial charge in [-0.15, -0.1) is 10.2 Å². The highest BCUT2D eigenvalue weighted by molar-refractivity contribution is 7.93. The zero-order valence-electron chi connectivity index (χ0n) is 18.4. The third kappa shape index (κ3) is 5.34. The summed E-state index contributed by atoms with van der Waals surface area (Å²) in [6, 6.07) is 5.46. The van der Waals surface area contributed by atoms with Crippen LogP contribution in [0.3, 0.4) is 0 Å². The molecule has 0 amide bonds. The fourth-order valence-corrected chi connectivity index (χ4v) is 4.27. The first-order chi connectivity index (χ1) is 15.5. The van der Waals surface area contributed by atoms with Gasteiger partial charge in [0, 0.05) is 25.1 Å². The Hall–Kier alpha value is -2.76. The van der Waals surface area contributed by atoms with Crippen LogP contribution in [0.5, 0.6) is 5.88 Å². The van der Waals surface area contributed by atoms with Crippen LogP contribution in [-0.2, 0) is 29.1 Å². The van der Waals surface area contributed by atoms with Crippen LogP contribution in [0.1, 0.15) is 31.2 Å². The number of aryl methyl sites for hydroxylation is 1.